The number of amides is 2. The van der Waals surface area contributed by atoms with Gasteiger partial charge < -0.3 is 19.7 Å². The van der Waals surface area contributed by atoms with Crippen LogP contribution in [-0.2, 0) is 13.0 Å². The maximum Gasteiger partial charge on any atom is 0.318 e. The summed E-state index contributed by atoms with van der Waals surface area (Å²) in [6.45, 7) is 3.48. The number of ether oxygens (including phenoxy) is 2. The first-order chi connectivity index (χ1) is 12.7. The Bertz CT molecular complexity index is 759. The monoisotopic (exact) mass is 374 g/mol. The molecule has 0 saturated carbocycles. The first-order valence-corrected chi connectivity index (χ1v) is 9.82. The number of hydrogen-bond donors (Lipinski definition) is 1. The molecule has 1 fully saturated rings. The van der Waals surface area contributed by atoms with Gasteiger partial charge in [0.25, 0.3) is 0 Å². The van der Waals surface area contributed by atoms with Crippen molar-refractivity contribution in [3.05, 3.63) is 45.6 Å². The SMILES string of the molecule is CCc1ccc(CNC(=O)N2CCCC2c2ccc(OC)cc2OC)s1. The topological polar surface area (TPSA) is 50.8 Å². The summed E-state index contributed by atoms with van der Waals surface area (Å²) in [7, 11) is 3.29. The Hall–Kier alpha value is -2.21. The highest BCUT2D eigenvalue weighted by Crippen LogP contribution is 2.38. The van der Waals surface area contributed by atoms with Gasteiger partial charge in [-0.2, -0.15) is 0 Å². The lowest BCUT2D eigenvalue weighted by molar-refractivity contribution is 0.191. The number of methoxy groups -OCH3 is 2. The third-order valence-electron chi connectivity index (χ3n) is 4.79. The molecule has 0 bridgehead atoms. The summed E-state index contributed by atoms with van der Waals surface area (Å²) in [5.74, 6) is 1.52. The standard InChI is InChI=1S/C20H26N2O3S/c1-4-15-8-9-16(26-15)13-21-20(23)22-11-5-6-18(22)17-10-7-14(24-2)12-19(17)25-3/h7-10,12,18H,4-6,11,13H2,1-3H3,(H,21,23). The van der Waals surface area contributed by atoms with E-state index in [2.05, 4.69) is 24.4 Å². The van der Waals surface area contributed by atoms with Gasteiger partial charge in [0.05, 0.1) is 26.8 Å². The molecule has 1 aliphatic rings. The van der Waals surface area contributed by atoms with Crippen LogP contribution in [0.5, 0.6) is 11.5 Å². The van der Waals surface area contributed by atoms with E-state index in [0.29, 0.717) is 6.54 Å². The zero-order valence-corrected chi connectivity index (χ0v) is 16.4. The highest BCUT2D eigenvalue weighted by molar-refractivity contribution is 7.11. The molecule has 1 unspecified atom stereocenters. The molecule has 2 aromatic rings. The molecule has 6 heteroatoms. The number of thiophene rings is 1. The zero-order chi connectivity index (χ0) is 18.5. The second-order valence-corrected chi connectivity index (χ2v) is 7.59. The molecule has 2 heterocycles. The van der Waals surface area contributed by atoms with Gasteiger partial charge in [-0.3, -0.25) is 0 Å². The average Bonchev–Trinajstić information content (AvgIpc) is 3.34. The number of hydrogen-bond acceptors (Lipinski definition) is 4. The van der Waals surface area contributed by atoms with Crippen molar-refractivity contribution < 1.29 is 14.3 Å². The number of benzene rings is 1. The van der Waals surface area contributed by atoms with Crippen LogP contribution >= 0.6 is 11.3 Å². The fourth-order valence-electron chi connectivity index (χ4n) is 3.40. The van der Waals surface area contributed by atoms with E-state index in [9.17, 15) is 4.79 Å². The van der Waals surface area contributed by atoms with Crippen LogP contribution in [0.25, 0.3) is 0 Å². The van der Waals surface area contributed by atoms with Crippen LogP contribution in [0.15, 0.2) is 30.3 Å². The normalized spacial score (nSPS) is 16.6. The Morgan fingerprint density at radius 1 is 1.23 bits per heavy atom. The Morgan fingerprint density at radius 2 is 2.04 bits per heavy atom. The maximum absolute atomic E-state index is 12.8. The van der Waals surface area contributed by atoms with Crippen molar-refractivity contribution in [2.75, 3.05) is 20.8 Å². The van der Waals surface area contributed by atoms with Gasteiger partial charge in [-0.05, 0) is 43.5 Å². The molecular formula is C20H26N2O3S. The lowest BCUT2D eigenvalue weighted by Gasteiger charge is -2.26. The van der Waals surface area contributed by atoms with Crippen LogP contribution in [0, 0.1) is 0 Å². The number of urea groups is 1. The molecule has 1 aliphatic heterocycles. The van der Waals surface area contributed by atoms with Crippen molar-refractivity contribution in [1.82, 2.24) is 10.2 Å². The Labute approximate surface area is 158 Å². The predicted octanol–water partition coefficient (Wildman–Crippen LogP) is 4.37. The van der Waals surface area contributed by atoms with Gasteiger partial charge in [-0.25, -0.2) is 4.79 Å². The molecule has 1 N–H and O–H groups in total. The molecule has 5 nitrogen and oxygen atoms in total. The third-order valence-corrected chi connectivity index (χ3v) is 6.02. The fraction of sp³-hybridized carbons (Fsp3) is 0.450. The van der Waals surface area contributed by atoms with Crippen LogP contribution in [0.3, 0.4) is 0 Å². The molecule has 1 aromatic carbocycles. The Kier molecular flexibility index (Phi) is 6.04. The summed E-state index contributed by atoms with van der Waals surface area (Å²) in [6.07, 6.45) is 2.96. The second kappa shape index (κ2) is 8.45. The van der Waals surface area contributed by atoms with E-state index in [1.807, 2.05) is 23.1 Å². The van der Waals surface area contributed by atoms with Crippen LogP contribution in [0.1, 0.15) is 41.1 Å². The molecule has 0 spiro atoms. The van der Waals surface area contributed by atoms with Crippen LogP contribution in [-0.4, -0.2) is 31.7 Å². The lowest BCUT2D eigenvalue weighted by Crippen LogP contribution is -2.39. The van der Waals surface area contributed by atoms with Gasteiger partial charge in [0.15, 0.2) is 0 Å². The Balaban J connectivity index is 1.70. The molecule has 1 saturated heterocycles. The molecule has 140 valence electrons. The van der Waals surface area contributed by atoms with Gasteiger partial charge in [-0.15, -0.1) is 11.3 Å². The number of rotatable bonds is 6. The average molecular weight is 375 g/mol. The van der Waals surface area contributed by atoms with Crippen LogP contribution in [0.2, 0.25) is 0 Å². The minimum Gasteiger partial charge on any atom is -0.497 e. The third kappa shape index (κ3) is 3.96. The minimum atomic E-state index is -0.0168. The van der Waals surface area contributed by atoms with Crippen molar-refractivity contribution in [2.24, 2.45) is 0 Å². The van der Waals surface area contributed by atoms with Crippen LogP contribution in [0.4, 0.5) is 4.79 Å². The van der Waals surface area contributed by atoms with Gasteiger partial charge in [-0.1, -0.05) is 6.92 Å². The number of aryl methyl sites for hydroxylation is 1. The Morgan fingerprint density at radius 3 is 2.73 bits per heavy atom. The summed E-state index contributed by atoms with van der Waals surface area (Å²) in [5.41, 5.74) is 1.03. The summed E-state index contributed by atoms with van der Waals surface area (Å²) in [6, 6.07) is 10.0. The fourth-order valence-corrected chi connectivity index (χ4v) is 4.30. The van der Waals surface area contributed by atoms with E-state index >= 15 is 0 Å². The number of likely N-dealkylation sites (tertiary alicyclic amines) is 1. The van der Waals surface area contributed by atoms with Crippen molar-refractivity contribution >= 4 is 17.4 Å². The van der Waals surface area contributed by atoms with Crippen molar-refractivity contribution in [1.29, 1.82) is 0 Å². The van der Waals surface area contributed by atoms with E-state index in [-0.39, 0.29) is 12.1 Å². The van der Waals surface area contributed by atoms with Crippen molar-refractivity contribution in [3.8, 4) is 11.5 Å². The number of nitrogens with one attached hydrogen (secondary N) is 1. The van der Waals surface area contributed by atoms with Gasteiger partial charge >= 0.3 is 6.03 Å². The highest BCUT2D eigenvalue weighted by atomic mass is 32.1. The molecule has 3 rings (SSSR count). The quantitative estimate of drug-likeness (QED) is 0.817. The van der Waals surface area contributed by atoms with E-state index in [1.54, 1.807) is 25.6 Å². The molecule has 0 radical (unpaired) electrons. The number of nitrogens with zero attached hydrogens (tertiary/aromatic N) is 1. The van der Waals surface area contributed by atoms with E-state index in [1.165, 1.54) is 9.75 Å². The smallest absolute Gasteiger partial charge is 0.318 e. The summed E-state index contributed by atoms with van der Waals surface area (Å²) in [4.78, 5) is 17.2. The first kappa shape index (κ1) is 18.6. The van der Waals surface area contributed by atoms with Gasteiger partial charge in [0, 0.05) is 27.9 Å². The van der Waals surface area contributed by atoms with Crippen molar-refractivity contribution in [3.63, 3.8) is 0 Å². The van der Waals surface area contributed by atoms with Crippen LogP contribution < -0.4 is 14.8 Å². The van der Waals surface area contributed by atoms with Crippen molar-refractivity contribution in [2.45, 2.75) is 38.8 Å². The summed E-state index contributed by atoms with van der Waals surface area (Å²) < 4.78 is 10.8. The minimum absolute atomic E-state index is 0.0168. The van der Waals surface area contributed by atoms with E-state index in [4.69, 9.17) is 9.47 Å². The van der Waals surface area contributed by atoms with Gasteiger partial charge in [0.1, 0.15) is 11.5 Å². The first-order valence-electron chi connectivity index (χ1n) is 9.00. The second-order valence-electron chi connectivity index (χ2n) is 6.34. The number of carbonyl (C=O) groups is 1. The number of carbonyl (C=O) groups excluding carboxylic acids is 1. The summed E-state index contributed by atoms with van der Waals surface area (Å²) in [5, 5.41) is 3.07. The van der Waals surface area contributed by atoms with E-state index < -0.39 is 0 Å². The van der Waals surface area contributed by atoms with E-state index in [0.717, 1.165) is 42.9 Å². The molecule has 1 atom stereocenters. The maximum atomic E-state index is 12.8. The molecule has 26 heavy (non-hydrogen) atoms. The summed E-state index contributed by atoms with van der Waals surface area (Å²) >= 11 is 1.76. The molecule has 1 aromatic heterocycles. The van der Waals surface area contributed by atoms with Gasteiger partial charge in [0.2, 0.25) is 0 Å². The highest BCUT2D eigenvalue weighted by Gasteiger charge is 2.32. The molecular weight excluding hydrogens is 348 g/mol. The predicted molar refractivity (Wildman–Crippen MR) is 104 cm³/mol. The lowest BCUT2D eigenvalue weighted by atomic mass is 10.0. The molecule has 0 aliphatic carbocycles. The zero-order valence-electron chi connectivity index (χ0n) is 15.6. The largest absolute Gasteiger partial charge is 0.497 e. The molecule has 2 amide bonds.